The number of para-hydroxylation sites is 1. The maximum absolute atomic E-state index is 11.9. The number of hydrogen-bond acceptors (Lipinski definition) is 3. The van der Waals surface area contributed by atoms with E-state index in [1.54, 1.807) is 24.5 Å². The number of amides is 1. The third kappa shape index (κ3) is 6.89. The van der Waals surface area contributed by atoms with Gasteiger partial charge in [0, 0.05) is 48.7 Å². The molecule has 0 spiro atoms. The van der Waals surface area contributed by atoms with Crippen LogP contribution in [0, 0.1) is 0 Å². The standard InChI is InChI=1S/C28H30N4O/c33-28(14-13-23-6-3-16-29-19-23)31-17-4-5-22-9-11-24(12-10-22)20-30-18-15-25-21-32-27-8-2-1-7-26(25)27/h1-3,6-14,16,19,21,30,32H,4-5,15,17-18,20H2,(H,31,33)/b14-13+. The molecule has 0 bridgehead atoms. The van der Waals surface area contributed by atoms with E-state index in [0.717, 1.165) is 37.9 Å². The van der Waals surface area contributed by atoms with E-state index < -0.39 is 0 Å². The zero-order valence-corrected chi connectivity index (χ0v) is 18.8. The molecule has 1 amide bonds. The van der Waals surface area contributed by atoms with Gasteiger partial charge >= 0.3 is 0 Å². The predicted octanol–water partition coefficient (Wildman–Crippen LogP) is 4.66. The van der Waals surface area contributed by atoms with Crippen LogP contribution in [0.3, 0.4) is 0 Å². The minimum absolute atomic E-state index is 0.0760. The van der Waals surface area contributed by atoms with Gasteiger partial charge < -0.3 is 15.6 Å². The first-order chi connectivity index (χ1) is 16.3. The fourth-order valence-corrected chi connectivity index (χ4v) is 3.83. The molecule has 0 unspecified atom stereocenters. The summed E-state index contributed by atoms with van der Waals surface area (Å²) in [7, 11) is 0. The summed E-state index contributed by atoms with van der Waals surface area (Å²) < 4.78 is 0. The summed E-state index contributed by atoms with van der Waals surface area (Å²) >= 11 is 0. The van der Waals surface area contributed by atoms with Crippen LogP contribution >= 0.6 is 0 Å². The summed E-state index contributed by atoms with van der Waals surface area (Å²) in [5.41, 5.74) is 6.04. The number of carbonyl (C=O) groups excluding carboxylic acids is 1. The summed E-state index contributed by atoms with van der Waals surface area (Å²) in [6.07, 6.45) is 11.7. The lowest BCUT2D eigenvalue weighted by atomic mass is 10.1. The molecular weight excluding hydrogens is 408 g/mol. The molecule has 0 aliphatic heterocycles. The molecule has 3 N–H and O–H groups in total. The molecule has 0 atom stereocenters. The van der Waals surface area contributed by atoms with Gasteiger partial charge in [-0.15, -0.1) is 0 Å². The Bertz CT molecular complexity index is 1180. The minimum atomic E-state index is -0.0760. The van der Waals surface area contributed by atoms with Crippen molar-refractivity contribution in [2.24, 2.45) is 0 Å². The highest BCUT2D eigenvalue weighted by molar-refractivity contribution is 5.91. The van der Waals surface area contributed by atoms with Crippen molar-refractivity contribution in [3.8, 4) is 0 Å². The molecule has 4 rings (SSSR count). The van der Waals surface area contributed by atoms with Gasteiger partial charge in [-0.3, -0.25) is 9.78 Å². The van der Waals surface area contributed by atoms with E-state index >= 15 is 0 Å². The van der Waals surface area contributed by atoms with Crippen molar-refractivity contribution in [3.05, 3.63) is 108 Å². The van der Waals surface area contributed by atoms with Crippen LogP contribution in [0.4, 0.5) is 0 Å². The largest absolute Gasteiger partial charge is 0.361 e. The Balaban J connectivity index is 1.12. The van der Waals surface area contributed by atoms with Crippen molar-refractivity contribution in [3.63, 3.8) is 0 Å². The summed E-state index contributed by atoms with van der Waals surface area (Å²) in [5.74, 6) is -0.0760. The first kappa shape index (κ1) is 22.5. The van der Waals surface area contributed by atoms with Gasteiger partial charge in [-0.2, -0.15) is 0 Å². The van der Waals surface area contributed by atoms with Gasteiger partial charge in [0.1, 0.15) is 0 Å². The van der Waals surface area contributed by atoms with Crippen molar-refractivity contribution in [1.82, 2.24) is 20.6 Å². The highest BCUT2D eigenvalue weighted by Crippen LogP contribution is 2.17. The first-order valence-corrected chi connectivity index (χ1v) is 11.5. The number of nitrogens with one attached hydrogen (secondary N) is 3. The lowest BCUT2D eigenvalue weighted by Gasteiger charge is -2.07. The van der Waals surface area contributed by atoms with Crippen LogP contribution in [0.5, 0.6) is 0 Å². The normalized spacial score (nSPS) is 11.3. The SMILES string of the molecule is O=C(/C=C/c1cccnc1)NCCCc1ccc(CNCCc2c[nH]c3ccccc23)cc1. The van der Waals surface area contributed by atoms with Crippen molar-refractivity contribution < 1.29 is 4.79 Å². The van der Waals surface area contributed by atoms with Crippen LogP contribution in [0.25, 0.3) is 17.0 Å². The molecule has 0 saturated heterocycles. The van der Waals surface area contributed by atoms with Gasteiger partial charge in [-0.05, 0) is 66.3 Å². The second-order valence-electron chi connectivity index (χ2n) is 8.12. The minimum Gasteiger partial charge on any atom is -0.361 e. The molecular formula is C28H30N4O. The number of pyridine rings is 1. The van der Waals surface area contributed by atoms with Crippen molar-refractivity contribution in [1.29, 1.82) is 0 Å². The van der Waals surface area contributed by atoms with E-state index in [0.29, 0.717) is 6.54 Å². The molecule has 0 radical (unpaired) electrons. The van der Waals surface area contributed by atoms with E-state index in [4.69, 9.17) is 0 Å². The zero-order chi connectivity index (χ0) is 22.7. The highest BCUT2D eigenvalue weighted by Gasteiger charge is 2.02. The van der Waals surface area contributed by atoms with Gasteiger partial charge in [-0.25, -0.2) is 0 Å². The number of aromatic amines is 1. The monoisotopic (exact) mass is 438 g/mol. The molecule has 168 valence electrons. The van der Waals surface area contributed by atoms with Crippen molar-refractivity contribution >= 4 is 22.9 Å². The Kier molecular flexibility index (Phi) is 8.03. The molecule has 2 aromatic heterocycles. The number of H-pyrrole nitrogens is 1. The van der Waals surface area contributed by atoms with Crippen LogP contribution in [-0.4, -0.2) is 29.0 Å². The number of fused-ring (bicyclic) bond motifs is 1. The van der Waals surface area contributed by atoms with Gasteiger partial charge in [0.15, 0.2) is 0 Å². The molecule has 5 heteroatoms. The number of carbonyl (C=O) groups is 1. The average molecular weight is 439 g/mol. The van der Waals surface area contributed by atoms with Crippen molar-refractivity contribution in [2.75, 3.05) is 13.1 Å². The Morgan fingerprint density at radius 3 is 2.64 bits per heavy atom. The van der Waals surface area contributed by atoms with Crippen LogP contribution in [0.1, 0.15) is 28.7 Å². The van der Waals surface area contributed by atoms with Crippen LogP contribution < -0.4 is 10.6 Å². The van der Waals surface area contributed by atoms with E-state index in [-0.39, 0.29) is 5.91 Å². The first-order valence-electron chi connectivity index (χ1n) is 11.5. The zero-order valence-electron chi connectivity index (χ0n) is 18.8. The molecule has 2 aromatic carbocycles. The Labute approximate surface area is 195 Å². The van der Waals surface area contributed by atoms with Crippen molar-refractivity contribution in [2.45, 2.75) is 25.8 Å². The molecule has 33 heavy (non-hydrogen) atoms. The van der Waals surface area contributed by atoms with E-state index in [9.17, 15) is 4.79 Å². The van der Waals surface area contributed by atoms with Gasteiger partial charge in [0.25, 0.3) is 0 Å². The molecule has 0 aliphatic carbocycles. The maximum Gasteiger partial charge on any atom is 0.244 e. The van der Waals surface area contributed by atoms with Crippen LogP contribution in [-0.2, 0) is 24.2 Å². The fraction of sp³-hybridized carbons (Fsp3) is 0.214. The predicted molar refractivity (Wildman–Crippen MR) is 135 cm³/mol. The Hall–Kier alpha value is -3.70. The summed E-state index contributed by atoms with van der Waals surface area (Å²) in [6.45, 7) is 2.47. The number of aryl methyl sites for hydroxylation is 1. The van der Waals surface area contributed by atoms with E-state index in [2.05, 4.69) is 75.3 Å². The van der Waals surface area contributed by atoms with Gasteiger partial charge in [0.2, 0.25) is 5.91 Å². The molecule has 5 nitrogen and oxygen atoms in total. The molecule has 4 aromatic rings. The number of hydrogen-bond donors (Lipinski definition) is 3. The van der Waals surface area contributed by atoms with E-state index in [1.807, 2.05) is 12.1 Å². The molecule has 2 heterocycles. The molecule has 0 fully saturated rings. The number of rotatable bonds is 11. The highest BCUT2D eigenvalue weighted by atomic mass is 16.1. The van der Waals surface area contributed by atoms with Gasteiger partial charge in [-0.1, -0.05) is 48.5 Å². The summed E-state index contributed by atoms with van der Waals surface area (Å²) in [6, 6.07) is 20.9. The molecule has 0 aliphatic rings. The Morgan fingerprint density at radius 1 is 0.939 bits per heavy atom. The Morgan fingerprint density at radius 2 is 1.79 bits per heavy atom. The smallest absolute Gasteiger partial charge is 0.244 e. The molecule has 0 saturated carbocycles. The third-order valence-electron chi connectivity index (χ3n) is 5.65. The van der Waals surface area contributed by atoms with Crippen LogP contribution in [0.2, 0.25) is 0 Å². The third-order valence-corrected chi connectivity index (χ3v) is 5.65. The average Bonchev–Trinajstić information content (AvgIpc) is 3.28. The lowest BCUT2D eigenvalue weighted by Crippen LogP contribution is -2.22. The lowest BCUT2D eigenvalue weighted by molar-refractivity contribution is -0.116. The second kappa shape index (κ2) is 11.8. The number of nitrogens with zero attached hydrogens (tertiary/aromatic N) is 1. The van der Waals surface area contributed by atoms with Crippen LogP contribution in [0.15, 0.2) is 85.3 Å². The topological polar surface area (TPSA) is 69.8 Å². The maximum atomic E-state index is 11.9. The summed E-state index contributed by atoms with van der Waals surface area (Å²) in [5, 5.41) is 7.78. The van der Waals surface area contributed by atoms with Gasteiger partial charge in [0.05, 0.1) is 0 Å². The quantitative estimate of drug-likeness (QED) is 0.236. The second-order valence-corrected chi connectivity index (χ2v) is 8.12. The summed E-state index contributed by atoms with van der Waals surface area (Å²) in [4.78, 5) is 19.3. The fourth-order valence-electron chi connectivity index (χ4n) is 3.83. The number of aromatic nitrogens is 2. The van der Waals surface area contributed by atoms with E-state index in [1.165, 1.54) is 27.6 Å². The number of benzene rings is 2.